The highest BCUT2D eigenvalue weighted by atomic mass is 19.1. The molecule has 2 aliphatic rings. The number of hydrogen-bond acceptors (Lipinski definition) is 4. The van der Waals surface area contributed by atoms with Crippen LogP contribution in [-0.4, -0.2) is 54.6 Å². The van der Waals surface area contributed by atoms with E-state index in [1.54, 1.807) is 12.1 Å². The third-order valence-corrected chi connectivity index (χ3v) is 6.23. The predicted molar refractivity (Wildman–Crippen MR) is 114 cm³/mol. The van der Waals surface area contributed by atoms with Gasteiger partial charge < -0.3 is 20.4 Å². The van der Waals surface area contributed by atoms with Gasteiger partial charge in [-0.2, -0.15) is 0 Å². The molecule has 1 spiro atoms. The van der Waals surface area contributed by atoms with Crippen molar-refractivity contribution in [2.45, 2.75) is 31.3 Å². The number of benzene rings is 2. The van der Waals surface area contributed by atoms with Gasteiger partial charge in [-0.25, -0.2) is 13.2 Å². The van der Waals surface area contributed by atoms with Gasteiger partial charge in [-0.15, -0.1) is 0 Å². The number of hydrogen-bond donors (Lipinski definition) is 2. The zero-order chi connectivity index (χ0) is 22.9. The first kappa shape index (κ1) is 22.1. The molecule has 0 aromatic heterocycles. The van der Waals surface area contributed by atoms with Crippen LogP contribution in [0.15, 0.2) is 42.5 Å². The van der Waals surface area contributed by atoms with E-state index in [2.05, 4.69) is 15.5 Å². The van der Waals surface area contributed by atoms with Crippen LogP contribution in [0.1, 0.15) is 30.1 Å². The molecule has 0 radical (unpaired) electrons. The average molecular weight is 446 g/mol. The second-order valence-electron chi connectivity index (χ2n) is 8.40. The van der Waals surface area contributed by atoms with Crippen LogP contribution in [0.5, 0.6) is 0 Å². The van der Waals surface area contributed by atoms with Gasteiger partial charge in [-0.1, -0.05) is 6.07 Å². The lowest BCUT2D eigenvalue weighted by atomic mass is 9.85. The minimum absolute atomic E-state index is 0.0606. The molecule has 9 heteroatoms. The van der Waals surface area contributed by atoms with Crippen molar-refractivity contribution in [2.24, 2.45) is 0 Å². The second kappa shape index (κ2) is 8.82. The largest absolute Gasteiger partial charge is 0.348 e. The Balaban J connectivity index is 1.36. The highest BCUT2D eigenvalue weighted by Gasteiger charge is 2.50. The topological polar surface area (TPSA) is 64.7 Å². The van der Waals surface area contributed by atoms with Crippen molar-refractivity contribution in [1.82, 2.24) is 15.5 Å². The Labute approximate surface area is 184 Å². The summed E-state index contributed by atoms with van der Waals surface area (Å²) in [5.41, 5.74) is -0.267. The van der Waals surface area contributed by atoms with Gasteiger partial charge in [-0.3, -0.25) is 9.59 Å². The van der Waals surface area contributed by atoms with E-state index in [9.17, 15) is 22.8 Å². The Morgan fingerprint density at radius 3 is 2.53 bits per heavy atom. The summed E-state index contributed by atoms with van der Waals surface area (Å²) in [7, 11) is 0. The number of nitrogens with one attached hydrogen (secondary N) is 2. The maximum absolute atomic E-state index is 13.8. The van der Waals surface area contributed by atoms with Crippen LogP contribution in [0, 0.1) is 17.5 Å². The molecule has 2 heterocycles. The lowest BCUT2D eigenvalue weighted by molar-refractivity contribution is -0.125. The number of likely N-dealkylation sites (tertiary alicyclic amines) is 1. The fourth-order valence-corrected chi connectivity index (χ4v) is 4.58. The van der Waals surface area contributed by atoms with E-state index in [0.29, 0.717) is 50.9 Å². The Kier molecular flexibility index (Phi) is 6.10. The molecule has 0 bridgehead atoms. The van der Waals surface area contributed by atoms with Gasteiger partial charge in [0, 0.05) is 37.4 Å². The fraction of sp³-hybridized carbons (Fsp3) is 0.391. The molecule has 32 heavy (non-hydrogen) atoms. The first-order chi connectivity index (χ1) is 15.3. The summed E-state index contributed by atoms with van der Waals surface area (Å²) in [6, 6.07) is 8.80. The van der Waals surface area contributed by atoms with E-state index < -0.39 is 23.1 Å². The Morgan fingerprint density at radius 2 is 1.84 bits per heavy atom. The SMILES string of the molecule is C[C@@H](CN1CCC2(CC1)C(=O)NCN2c1cccc(F)c1)NC(=O)c1ccc(F)cc1F. The van der Waals surface area contributed by atoms with E-state index in [4.69, 9.17) is 0 Å². The van der Waals surface area contributed by atoms with Crippen molar-refractivity contribution in [1.29, 1.82) is 0 Å². The maximum Gasteiger partial charge on any atom is 0.254 e. The molecule has 2 aliphatic heterocycles. The summed E-state index contributed by atoms with van der Waals surface area (Å²) < 4.78 is 40.6. The summed E-state index contributed by atoms with van der Waals surface area (Å²) in [6.45, 7) is 3.89. The third kappa shape index (κ3) is 4.29. The number of rotatable bonds is 5. The zero-order valence-electron chi connectivity index (χ0n) is 17.7. The summed E-state index contributed by atoms with van der Waals surface area (Å²) >= 11 is 0. The smallest absolute Gasteiger partial charge is 0.254 e. The molecule has 0 saturated carbocycles. The molecule has 2 fully saturated rings. The highest BCUT2D eigenvalue weighted by molar-refractivity contribution is 5.94. The number of nitrogens with zero attached hydrogens (tertiary/aromatic N) is 2. The van der Waals surface area contributed by atoms with Gasteiger partial charge in [0.05, 0.1) is 12.2 Å². The lowest BCUT2D eigenvalue weighted by Crippen LogP contribution is -2.57. The Bertz CT molecular complexity index is 1020. The number of carbonyl (C=O) groups is 2. The van der Waals surface area contributed by atoms with Gasteiger partial charge in [0.1, 0.15) is 23.0 Å². The van der Waals surface area contributed by atoms with Crippen LogP contribution in [-0.2, 0) is 4.79 Å². The molecule has 2 aromatic carbocycles. The molecule has 2 saturated heterocycles. The number of anilines is 1. The minimum atomic E-state index is -0.903. The number of amides is 2. The zero-order valence-corrected chi connectivity index (χ0v) is 17.7. The van der Waals surface area contributed by atoms with Crippen molar-refractivity contribution in [3.63, 3.8) is 0 Å². The minimum Gasteiger partial charge on any atom is -0.348 e. The second-order valence-corrected chi connectivity index (χ2v) is 8.40. The fourth-order valence-electron chi connectivity index (χ4n) is 4.58. The van der Waals surface area contributed by atoms with Crippen molar-refractivity contribution in [2.75, 3.05) is 31.2 Å². The van der Waals surface area contributed by atoms with Crippen molar-refractivity contribution in [3.8, 4) is 0 Å². The number of halogens is 3. The molecule has 6 nitrogen and oxygen atoms in total. The predicted octanol–water partition coefficient (Wildman–Crippen LogP) is 2.65. The Morgan fingerprint density at radius 1 is 1.12 bits per heavy atom. The Hall–Kier alpha value is -3.07. The molecule has 2 amide bonds. The molecule has 0 aliphatic carbocycles. The van der Waals surface area contributed by atoms with Gasteiger partial charge >= 0.3 is 0 Å². The quantitative estimate of drug-likeness (QED) is 0.741. The molecule has 1 atom stereocenters. The molecule has 4 rings (SSSR count). The molecular formula is C23H25F3N4O2. The molecule has 0 unspecified atom stereocenters. The highest BCUT2D eigenvalue weighted by Crippen LogP contribution is 2.36. The van der Waals surface area contributed by atoms with Crippen LogP contribution >= 0.6 is 0 Å². The van der Waals surface area contributed by atoms with Gasteiger partial charge in [-0.05, 0) is 50.1 Å². The summed E-state index contributed by atoms with van der Waals surface area (Å²) in [5, 5.41) is 5.62. The third-order valence-electron chi connectivity index (χ3n) is 6.23. The van der Waals surface area contributed by atoms with E-state index in [0.717, 1.165) is 12.1 Å². The average Bonchev–Trinajstić information content (AvgIpc) is 3.05. The van der Waals surface area contributed by atoms with Crippen molar-refractivity contribution >= 4 is 17.5 Å². The first-order valence-corrected chi connectivity index (χ1v) is 10.6. The molecule has 170 valence electrons. The summed E-state index contributed by atoms with van der Waals surface area (Å²) in [6.07, 6.45) is 1.12. The maximum atomic E-state index is 13.8. The molecule has 2 N–H and O–H groups in total. The van der Waals surface area contributed by atoms with Gasteiger partial charge in [0.15, 0.2) is 0 Å². The van der Waals surface area contributed by atoms with Crippen molar-refractivity contribution < 1.29 is 22.8 Å². The first-order valence-electron chi connectivity index (χ1n) is 10.6. The normalized spacial score (nSPS) is 19.1. The van der Waals surface area contributed by atoms with Crippen LogP contribution in [0.2, 0.25) is 0 Å². The van der Waals surface area contributed by atoms with E-state index >= 15 is 0 Å². The van der Waals surface area contributed by atoms with Crippen LogP contribution in [0.4, 0.5) is 18.9 Å². The molecular weight excluding hydrogens is 421 g/mol. The van der Waals surface area contributed by atoms with Crippen LogP contribution < -0.4 is 15.5 Å². The van der Waals surface area contributed by atoms with Gasteiger partial charge in [0.2, 0.25) is 5.91 Å². The number of piperidine rings is 1. The monoisotopic (exact) mass is 446 g/mol. The number of carbonyl (C=O) groups excluding carboxylic acids is 2. The van der Waals surface area contributed by atoms with E-state index in [1.165, 1.54) is 12.1 Å². The lowest BCUT2D eigenvalue weighted by Gasteiger charge is -2.43. The van der Waals surface area contributed by atoms with Crippen LogP contribution in [0.3, 0.4) is 0 Å². The summed E-state index contributed by atoms with van der Waals surface area (Å²) in [4.78, 5) is 29.1. The van der Waals surface area contributed by atoms with Crippen molar-refractivity contribution in [3.05, 3.63) is 65.5 Å². The van der Waals surface area contributed by atoms with E-state index in [1.807, 2.05) is 11.8 Å². The van der Waals surface area contributed by atoms with Gasteiger partial charge in [0.25, 0.3) is 5.91 Å². The standard InChI is InChI=1S/C23H25F3N4O2/c1-15(28-21(31)19-6-5-17(25)12-20(19)26)13-29-9-7-23(8-10-29)22(32)27-14-30(23)18-4-2-3-16(24)11-18/h2-6,11-12,15H,7-10,13-14H2,1H3,(H,27,32)(H,28,31)/t15-/m0/s1. The molecule has 2 aromatic rings. The van der Waals surface area contributed by atoms with Crippen LogP contribution in [0.25, 0.3) is 0 Å². The van der Waals surface area contributed by atoms with E-state index in [-0.39, 0.29) is 23.3 Å². The summed E-state index contributed by atoms with van der Waals surface area (Å²) in [5.74, 6) is -2.65.